The van der Waals surface area contributed by atoms with Crippen molar-refractivity contribution >= 4 is 12.4 Å². The number of pyridine rings is 1. The molecule has 0 saturated carbocycles. The van der Waals surface area contributed by atoms with E-state index in [1.807, 2.05) is 11.6 Å². The SMILES string of the molecule is C=Nc1cn(C)ccc1=N. The monoisotopic (exact) mass is 135 g/mol. The Hall–Kier alpha value is -1.38. The van der Waals surface area contributed by atoms with E-state index in [2.05, 4.69) is 11.7 Å². The third-order valence-electron chi connectivity index (χ3n) is 1.25. The third-order valence-corrected chi connectivity index (χ3v) is 1.25. The zero-order chi connectivity index (χ0) is 7.56. The largest absolute Gasteiger partial charge is 0.355 e. The van der Waals surface area contributed by atoms with Crippen LogP contribution in [0.25, 0.3) is 0 Å². The van der Waals surface area contributed by atoms with Crippen LogP contribution in [-0.4, -0.2) is 11.3 Å². The molecular weight excluding hydrogens is 126 g/mol. The molecule has 1 aromatic rings. The fraction of sp³-hybridized carbons (Fsp3) is 0.143. The number of nitrogens with zero attached hydrogens (tertiary/aromatic N) is 2. The van der Waals surface area contributed by atoms with E-state index in [1.165, 1.54) is 0 Å². The lowest BCUT2D eigenvalue weighted by Gasteiger charge is -1.97. The fourth-order valence-corrected chi connectivity index (χ4v) is 0.709. The molecule has 0 aliphatic rings. The lowest BCUT2D eigenvalue weighted by atomic mass is 10.4. The maximum absolute atomic E-state index is 7.32. The quantitative estimate of drug-likeness (QED) is 0.554. The number of hydrogen-bond donors (Lipinski definition) is 1. The molecule has 52 valence electrons. The van der Waals surface area contributed by atoms with Crippen molar-refractivity contribution in [2.24, 2.45) is 12.0 Å². The van der Waals surface area contributed by atoms with Crippen molar-refractivity contribution in [3.63, 3.8) is 0 Å². The zero-order valence-corrected chi connectivity index (χ0v) is 5.83. The summed E-state index contributed by atoms with van der Waals surface area (Å²) in [6, 6.07) is 1.68. The molecule has 1 aromatic heterocycles. The summed E-state index contributed by atoms with van der Waals surface area (Å²) in [5.74, 6) is 0. The van der Waals surface area contributed by atoms with Gasteiger partial charge in [0.1, 0.15) is 5.69 Å². The molecule has 0 unspecified atom stereocenters. The number of aryl methyl sites for hydroxylation is 1. The van der Waals surface area contributed by atoms with Gasteiger partial charge >= 0.3 is 0 Å². The van der Waals surface area contributed by atoms with Gasteiger partial charge in [0.2, 0.25) is 0 Å². The Morgan fingerprint density at radius 2 is 2.40 bits per heavy atom. The molecule has 0 aromatic carbocycles. The Morgan fingerprint density at radius 3 is 2.90 bits per heavy atom. The topological polar surface area (TPSA) is 41.1 Å². The molecule has 1 N–H and O–H groups in total. The highest BCUT2D eigenvalue weighted by molar-refractivity contribution is 5.42. The van der Waals surface area contributed by atoms with Crippen LogP contribution in [0.4, 0.5) is 5.69 Å². The van der Waals surface area contributed by atoms with E-state index in [9.17, 15) is 0 Å². The molecule has 10 heavy (non-hydrogen) atoms. The van der Waals surface area contributed by atoms with Gasteiger partial charge in [-0.2, -0.15) is 0 Å². The van der Waals surface area contributed by atoms with Crippen LogP contribution in [0.15, 0.2) is 23.5 Å². The highest BCUT2D eigenvalue weighted by atomic mass is 14.9. The summed E-state index contributed by atoms with van der Waals surface area (Å²) in [4.78, 5) is 3.67. The summed E-state index contributed by atoms with van der Waals surface area (Å²) in [5.41, 5.74) is 0.616. The van der Waals surface area contributed by atoms with E-state index < -0.39 is 0 Å². The summed E-state index contributed by atoms with van der Waals surface area (Å²) >= 11 is 0. The minimum absolute atomic E-state index is 0.410. The highest BCUT2D eigenvalue weighted by Crippen LogP contribution is 1.99. The van der Waals surface area contributed by atoms with Crippen LogP contribution in [0.1, 0.15) is 0 Å². The van der Waals surface area contributed by atoms with Crippen LogP contribution in [0.5, 0.6) is 0 Å². The summed E-state index contributed by atoms with van der Waals surface area (Å²) in [5, 5.41) is 7.73. The van der Waals surface area contributed by atoms with Crippen molar-refractivity contribution in [2.75, 3.05) is 0 Å². The molecule has 0 saturated heterocycles. The zero-order valence-electron chi connectivity index (χ0n) is 5.83. The molecule has 0 aliphatic heterocycles. The first-order chi connectivity index (χ1) is 4.74. The molecule has 3 nitrogen and oxygen atoms in total. The first kappa shape index (κ1) is 6.74. The van der Waals surface area contributed by atoms with Gasteiger partial charge in [-0.05, 0) is 12.8 Å². The Kier molecular flexibility index (Phi) is 1.67. The average molecular weight is 135 g/mol. The Balaban J connectivity index is 3.35. The third kappa shape index (κ3) is 1.13. The van der Waals surface area contributed by atoms with Gasteiger partial charge in [-0.25, -0.2) is 0 Å². The Bertz CT molecular complexity index is 298. The Labute approximate surface area is 59.2 Å². The van der Waals surface area contributed by atoms with Gasteiger partial charge in [0.15, 0.2) is 0 Å². The summed E-state index contributed by atoms with van der Waals surface area (Å²) in [6.07, 6.45) is 3.56. The highest BCUT2D eigenvalue weighted by Gasteiger charge is 1.88. The van der Waals surface area contributed by atoms with Crippen molar-refractivity contribution in [1.82, 2.24) is 4.57 Å². The van der Waals surface area contributed by atoms with Crippen LogP contribution >= 0.6 is 0 Å². The molecule has 0 atom stereocenters. The summed E-state index contributed by atoms with van der Waals surface area (Å²) in [6.45, 7) is 3.35. The maximum atomic E-state index is 7.32. The lowest BCUT2D eigenvalue weighted by molar-refractivity contribution is 0.895. The normalized spacial score (nSPS) is 9.30. The second-order valence-corrected chi connectivity index (χ2v) is 2.07. The second-order valence-electron chi connectivity index (χ2n) is 2.07. The van der Waals surface area contributed by atoms with Crippen molar-refractivity contribution in [3.8, 4) is 0 Å². The van der Waals surface area contributed by atoms with E-state index in [1.54, 1.807) is 18.5 Å². The lowest BCUT2D eigenvalue weighted by Crippen LogP contribution is -2.01. The standard InChI is InChI=1S/C7H9N3/c1-9-7-5-10(2)4-3-6(7)8/h3-5,8H,1H2,2H3. The predicted octanol–water partition coefficient (Wildman–Crippen LogP) is 0.837. The van der Waals surface area contributed by atoms with Crippen molar-refractivity contribution in [3.05, 3.63) is 23.8 Å². The fourth-order valence-electron chi connectivity index (χ4n) is 0.709. The molecule has 1 rings (SSSR count). The van der Waals surface area contributed by atoms with Gasteiger partial charge in [0, 0.05) is 19.4 Å². The molecule has 3 heteroatoms. The summed E-state index contributed by atoms with van der Waals surface area (Å²) < 4.78 is 1.84. The van der Waals surface area contributed by atoms with Crippen molar-refractivity contribution in [2.45, 2.75) is 0 Å². The van der Waals surface area contributed by atoms with Crippen LogP contribution < -0.4 is 5.36 Å². The number of aromatic nitrogens is 1. The minimum atomic E-state index is 0.410. The van der Waals surface area contributed by atoms with Gasteiger partial charge < -0.3 is 4.57 Å². The molecule has 0 radical (unpaired) electrons. The molecule has 0 fully saturated rings. The molecule has 0 aliphatic carbocycles. The molecule has 0 bridgehead atoms. The number of aliphatic imine (C=N–C) groups is 1. The van der Waals surface area contributed by atoms with E-state index in [-0.39, 0.29) is 0 Å². The van der Waals surface area contributed by atoms with Crippen LogP contribution in [-0.2, 0) is 7.05 Å². The van der Waals surface area contributed by atoms with Crippen LogP contribution in [0.2, 0.25) is 0 Å². The molecule has 1 heterocycles. The van der Waals surface area contributed by atoms with Gasteiger partial charge in [-0.1, -0.05) is 0 Å². The molecule has 0 spiro atoms. The molecular formula is C7H9N3. The van der Waals surface area contributed by atoms with Crippen LogP contribution in [0, 0.1) is 5.41 Å². The van der Waals surface area contributed by atoms with Gasteiger partial charge in [0.05, 0.1) is 5.36 Å². The first-order valence-electron chi connectivity index (χ1n) is 2.91. The van der Waals surface area contributed by atoms with E-state index >= 15 is 0 Å². The van der Waals surface area contributed by atoms with E-state index in [0.717, 1.165) is 0 Å². The van der Waals surface area contributed by atoms with Gasteiger partial charge in [-0.15, -0.1) is 0 Å². The first-order valence-corrected chi connectivity index (χ1v) is 2.91. The number of rotatable bonds is 1. The summed E-state index contributed by atoms with van der Waals surface area (Å²) in [7, 11) is 1.88. The van der Waals surface area contributed by atoms with Gasteiger partial charge in [-0.3, -0.25) is 10.4 Å². The second kappa shape index (κ2) is 2.47. The number of nitrogens with one attached hydrogen (secondary N) is 1. The smallest absolute Gasteiger partial charge is 0.103 e. The Morgan fingerprint density at radius 1 is 1.70 bits per heavy atom. The van der Waals surface area contributed by atoms with E-state index in [0.29, 0.717) is 11.0 Å². The minimum Gasteiger partial charge on any atom is -0.355 e. The van der Waals surface area contributed by atoms with E-state index in [4.69, 9.17) is 5.41 Å². The molecule has 0 amide bonds. The number of hydrogen-bond acceptors (Lipinski definition) is 2. The van der Waals surface area contributed by atoms with Crippen LogP contribution in [0.3, 0.4) is 0 Å². The van der Waals surface area contributed by atoms with Crippen molar-refractivity contribution in [1.29, 1.82) is 5.41 Å². The van der Waals surface area contributed by atoms with Crippen molar-refractivity contribution < 1.29 is 0 Å². The predicted molar refractivity (Wildman–Crippen MR) is 40.5 cm³/mol. The maximum Gasteiger partial charge on any atom is 0.103 e. The average Bonchev–Trinajstić information content (AvgIpc) is 1.94. The van der Waals surface area contributed by atoms with Gasteiger partial charge in [0.25, 0.3) is 0 Å².